The molecule has 0 aliphatic carbocycles. The number of halogens is 2. The van der Waals surface area contributed by atoms with E-state index in [0.717, 1.165) is 6.42 Å². The number of carbonyl (C=O) groups excluding carboxylic acids is 1. The third-order valence-electron chi connectivity index (χ3n) is 2.13. The highest BCUT2D eigenvalue weighted by molar-refractivity contribution is 9.10. The zero-order valence-electron chi connectivity index (χ0n) is 8.97. The monoisotopic (exact) mass is 288 g/mol. The zero-order chi connectivity index (χ0) is 12.1. The van der Waals surface area contributed by atoms with Crippen LogP contribution in [0.4, 0.5) is 10.1 Å². The average molecular weight is 289 g/mol. The first-order valence-electron chi connectivity index (χ1n) is 5.06. The van der Waals surface area contributed by atoms with E-state index >= 15 is 0 Å². The molecule has 0 aliphatic heterocycles. The molecule has 1 rings (SSSR count). The van der Waals surface area contributed by atoms with Crippen LogP contribution in [0.1, 0.15) is 19.8 Å². The molecule has 0 saturated carbocycles. The third kappa shape index (κ3) is 3.57. The lowest BCUT2D eigenvalue weighted by atomic mass is 10.1. The van der Waals surface area contributed by atoms with Crippen molar-refractivity contribution >= 4 is 27.5 Å². The minimum Gasteiger partial charge on any atom is -0.322 e. The maximum atomic E-state index is 13.4. The summed E-state index contributed by atoms with van der Waals surface area (Å²) in [7, 11) is 0. The fourth-order valence-corrected chi connectivity index (χ4v) is 1.59. The van der Waals surface area contributed by atoms with Crippen molar-refractivity contribution in [2.45, 2.75) is 25.8 Å². The minimum absolute atomic E-state index is 0.153. The van der Waals surface area contributed by atoms with Crippen molar-refractivity contribution in [3.63, 3.8) is 0 Å². The number of amides is 1. The third-order valence-corrected chi connectivity index (χ3v) is 2.62. The summed E-state index contributed by atoms with van der Waals surface area (Å²) in [6.07, 6.45) is 1.40. The fraction of sp³-hybridized carbons (Fsp3) is 0.364. The Kier molecular flexibility index (Phi) is 4.89. The summed E-state index contributed by atoms with van der Waals surface area (Å²) in [5.74, 6) is -0.838. The Morgan fingerprint density at radius 1 is 1.62 bits per heavy atom. The molecule has 5 heteroatoms. The number of hydrogen-bond donors (Lipinski definition) is 2. The van der Waals surface area contributed by atoms with Crippen LogP contribution in [0.15, 0.2) is 22.7 Å². The van der Waals surface area contributed by atoms with Crippen molar-refractivity contribution in [1.82, 2.24) is 0 Å². The van der Waals surface area contributed by atoms with Gasteiger partial charge >= 0.3 is 0 Å². The predicted molar refractivity (Wildman–Crippen MR) is 65.6 cm³/mol. The highest BCUT2D eigenvalue weighted by Crippen LogP contribution is 2.19. The molecule has 0 radical (unpaired) electrons. The summed E-state index contributed by atoms with van der Waals surface area (Å²) in [5.41, 5.74) is 5.76. The molecule has 1 aromatic rings. The number of nitrogens with two attached hydrogens (primary N) is 1. The maximum Gasteiger partial charge on any atom is 0.241 e. The van der Waals surface area contributed by atoms with E-state index in [1.807, 2.05) is 6.92 Å². The van der Waals surface area contributed by atoms with Crippen LogP contribution in [-0.4, -0.2) is 11.9 Å². The van der Waals surface area contributed by atoms with Gasteiger partial charge in [0.25, 0.3) is 0 Å². The smallest absolute Gasteiger partial charge is 0.241 e. The normalized spacial score (nSPS) is 12.2. The van der Waals surface area contributed by atoms with Gasteiger partial charge in [-0.3, -0.25) is 4.79 Å². The van der Waals surface area contributed by atoms with Gasteiger partial charge in [0.1, 0.15) is 5.82 Å². The van der Waals surface area contributed by atoms with Crippen LogP contribution < -0.4 is 11.1 Å². The Morgan fingerprint density at radius 2 is 2.31 bits per heavy atom. The van der Waals surface area contributed by atoms with E-state index in [4.69, 9.17) is 5.73 Å². The molecule has 1 atom stereocenters. The molecule has 0 fully saturated rings. The molecule has 0 heterocycles. The van der Waals surface area contributed by atoms with E-state index in [0.29, 0.717) is 10.9 Å². The summed E-state index contributed by atoms with van der Waals surface area (Å²) in [4.78, 5) is 11.5. The Hall–Kier alpha value is -0.940. The van der Waals surface area contributed by atoms with Crippen molar-refractivity contribution in [2.24, 2.45) is 5.73 Å². The van der Waals surface area contributed by atoms with E-state index in [2.05, 4.69) is 21.2 Å². The number of carbonyl (C=O) groups is 1. The van der Waals surface area contributed by atoms with Gasteiger partial charge in [-0.25, -0.2) is 4.39 Å². The van der Waals surface area contributed by atoms with Gasteiger partial charge in [-0.2, -0.15) is 0 Å². The van der Waals surface area contributed by atoms with Gasteiger partial charge in [-0.15, -0.1) is 0 Å². The number of anilines is 1. The molecular formula is C11H14BrFN2O. The van der Waals surface area contributed by atoms with Gasteiger partial charge in [0.05, 0.1) is 11.7 Å². The van der Waals surface area contributed by atoms with Crippen LogP contribution in [-0.2, 0) is 4.79 Å². The minimum atomic E-state index is -0.590. The number of benzene rings is 1. The molecule has 0 spiro atoms. The van der Waals surface area contributed by atoms with Crippen molar-refractivity contribution in [2.75, 3.05) is 5.32 Å². The van der Waals surface area contributed by atoms with E-state index < -0.39 is 11.9 Å². The SMILES string of the molecule is CCC[C@@H](N)C(=O)Nc1ccc(Br)cc1F. The second-order valence-electron chi connectivity index (χ2n) is 3.51. The summed E-state index contributed by atoms with van der Waals surface area (Å²) in [5, 5.41) is 2.46. The van der Waals surface area contributed by atoms with Crippen LogP contribution in [0.2, 0.25) is 0 Å². The topological polar surface area (TPSA) is 55.1 Å². The van der Waals surface area contributed by atoms with Crippen LogP contribution in [0.25, 0.3) is 0 Å². The summed E-state index contributed by atoms with van der Waals surface area (Å²) in [6, 6.07) is 3.86. The van der Waals surface area contributed by atoms with E-state index in [-0.39, 0.29) is 11.6 Å². The molecular weight excluding hydrogens is 275 g/mol. The second kappa shape index (κ2) is 5.96. The van der Waals surface area contributed by atoms with Gasteiger partial charge < -0.3 is 11.1 Å². The Bertz CT molecular complexity index is 384. The highest BCUT2D eigenvalue weighted by Gasteiger charge is 2.14. The largest absolute Gasteiger partial charge is 0.322 e. The summed E-state index contributed by atoms with van der Waals surface area (Å²) < 4.78 is 14.0. The number of hydrogen-bond acceptors (Lipinski definition) is 2. The lowest BCUT2D eigenvalue weighted by molar-refractivity contribution is -0.117. The quantitative estimate of drug-likeness (QED) is 0.895. The van der Waals surface area contributed by atoms with Crippen molar-refractivity contribution in [3.05, 3.63) is 28.5 Å². The van der Waals surface area contributed by atoms with Crippen LogP contribution in [0, 0.1) is 5.82 Å². The van der Waals surface area contributed by atoms with Crippen molar-refractivity contribution in [1.29, 1.82) is 0 Å². The van der Waals surface area contributed by atoms with Crippen LogP contribution in [0.5, 0.6) is 0 Å². The summed E-state index contributed by atoms with van der Waals surface area (Å²) >= 11 is 3.14. The second-order valence-corrected chi connectivity index (χ2v) is 4.42. The standard InChI is InChI=1S/C11H14BrFN2O/c1-2-3-9(14)11(16)15-10-5-4-7(12)6-8(10)13/h4-6,9H,2-3,14H2,1H3,(H,15,16)/t9-/m1/s1. The lowest BCUT2D eigenvalue weighted by Gasteiger charge is -2.11. The van der Waals surface area contributed by atoms with Crippen LogP contribution >= 0.6 is 15.9 Å². The Labute approximate surface area is 102 Å². The molecule has 0 unspecified atom stereocenters. The van der Waals surface area contributed by atoms with Crippen LogP contribution in [0.3, 0.4) is 0 Å². The molecule has 88 valence electrons. The molecule has 3 N–H and O–H groups in total. The zero-order valence-corrected chi connectivity index (χ0v) is 10.6. The molecule has 16 heavy (non-hydrogen) atoms. The van der Waals surface area contributed by atoms with E-state index in [9.17, 15) is 9.18 Å². The molecule has 1 amide bonds. The van der Waals surface area contributed by atoms with Crippen molar-refractivity contribution < 1.29 is 9.18 Å². The molecule has 1 aromatic carbocycles. The maximum absolute atomic E-state index is 13.4. The van der Waals surface area contributed by atoms with Gasteiger partial charge in [-0.05, 0) is 24.6 Å². The molecule has 0 saturated heterocycles. The van der Waals surface area contributed by atoms with Gasteiger partial charge in [0.15, 0.2) is 0 Å². The molecule has 3 nitrogen and oxygen atoms in total. The van der Waals surface area contributed by atoms with Gasteiger partial charge in [-0.1, -0.05) is 29.3 Å². The first-order chi connectivity index (χ1) is 7.54. The van der Waals surface area contributed by atoms with E-state index in [1.165, 1.54) is 12.1 Å². The highest BCUT2D eigenvalue weighted by atomic mass is 79.9. The first-order valence-corrected chi connectivity index (χ1v) is 5.85. The average Bonchev–Trinajstić information content (AvgIpc) is 2.22. The lowest BCUT2D eigenvalue weighted by Crippen LogP contribution is -2.35. The fourth-order valence-electron chi connectivity index (χ4n) is 1.26. The molecule has 0 bridgehead atoms. The number of nitrogens with one attached hydrogen (secondary N) is 1. The first kappa shape index (κ1) is 13.1. The Morgan fingerprint density at radius 3 is 2.88 bits per heavy atom. The van der Waals surface area contributed by atoms with Crippen molar-refractivity contribution in [3.8, 4) is 0 Å². The summed E-state index contributed by atoms with van der Waals surface area (Å²) in [6.45, 7) is 1.94. The molecule has 0 aromatic heterocycles. The molecule has 0 aliphatic rings. The van der Waals surface area contributed by atoms with E-state index in [1.54, 1.807) is 6.07 Å². The number of rotatable bonds is 4. The van der Waals surface area contributed by atoms with Gasteiger partial charge in [0.2, 0.25) is 5.91 Å². The Balaban J connectivity index is 2.69. The van der Waals surface area contributed by atoms with Gasteiger partial charge in [0, 0.05) is 4.47 Å². The predicted octanol–water partition coefficient (Wildman–Crippen LogP) is 2.65.